The van der Waals surface area contributed by atoms with Crippen molar-refractivity contribution < 1.29 is 9.18 Å². The molecule has 192 valence electrons. The summed E-state index contributed by atoms with van der Waals surface area (Å²) in [4.78, 5) is 12.5. The van der Waals surface area contributed by atoms with Crippen LogP contribution in [0.5, 0.6) is 0 Å². The largest absolute Gasteiger partial charge is 0.347 e. The molecule has 0 radical (unpaired) electrons. The van der Waals surface area contributed by atoms with Gasteiger partial charge in [-0.2, -0.15) is 0 Å². The summed E-state index contributed by atoms with van der Waals surface area (Å²) in [5.74, 6) is 0.543. The number of fused-ring (bicyclic) bond motifs is 1. The third-order valence-corrected chi connectivity index (χ3v) is 8.52. The van der Waals surface area contributed by atoms with Crippen LogP contribution in [-0.4, -0.2) is 16.5 Å². The van der Waals surface area contributed by atoms with Gasteiger partial charge < -0.3 is 15.6 Å². The first kappa shape index (κ1) is 25.0. The highest BCUT2D eigenvalue weighted by atomic mass is 19.1. The van der Waals surface area contributed by atoms with E-state index in [-0.39, 0.29) is 23.7 Å². The molecule has 2 fully saturated rings. The molecule has 0 unspecified atom stereocenters. The van der Waals surface area contributed by atoms with E-state index < -0.39 is 0 Å². The molecule has 3 N–H and O–H groups in total. The fraction of sp³-hybridized carbons (Fsp3) is 0.516. The lowest BCUT2D eigenvalue weighted by Crippen LogP contribution is -2.26. The molecule has 0 saturated heterocycles. The van der Waals surface area contributed by atoms with Gasteiger partial charge >= 0.3 is 0 Å². The molecule has 3 aromatic rings. The Balaban J connectivity index is 1.65. The number of anilines is 1. The van der Waals surface area contributed by atoms with E-state index >= 15 is 4.39 Å². The number of nitrogens with one attached hydrogen (secondary N) is 1. The number of rotatable bonds is 6. The van der Waals surface area contributed by atoms with Crippen molar-refractivity contribution in [3.63, 3.8) is 0 Å². The van der Waals surface area contributed by atoms with Crippen LogP contribution in [0.15, 0.2) is 36.5 Å². The molecule has 4 nitrogen and oxygen atoms in total. The van der Waals surface area contributed by atoms with Gasteiger partial charge in [-0.15, -0.1) is 0 Å². The number of carbonyl (C=O) groups excluding carboxylic acids is 1. The highest BCUT2D eigenvalue weighted by Gasteiger charge is 2.29. The van der Waals surface area contributed by atoms with Crippen molar-refractivity contribution in [2.75, 3.05) is 5.32 Å². The number of aryl methyl sites for hydroxylation is 1. The van der Waals surface area contributed by atoms with Crippen LogP contribution in [-0.2, 0) is 11.3 Å². The van der Waals surface area contributed by atoms with Gasteiger partial charge in [-0.3, -0.25) is 4.79 Å². The van der Waals surface area contributed by atoms with E-state index in [0.29, 0.717) is 23.6 Å². The molecular formula is C31H40FN3O. The second-order valence-corrected chi connectivity index (χ2v) is 11.1. The smallest absolute Gasteiger partial charge is 0.224 e. The topological polar surface area (TPSA) is 60.1 Å². The quantitative estimate of drug-likeness (QED) is 0.373. The lowest BCUT2D eigenvalue weighted by molar-refractivity contribution is -0.115. The Bertz CT molecular complexity index is 1230. The van der Waals surface area contributed by atoms with E-state index in [2.05, 4.69) is 34.3 Å². The highest BCUT2D eigenvalue weighted by Crippen LogP contribution is 2.44. The molecule has 2 aliphatic rings. The van der Waals surface area contributed by atoms with E-state index in [1.165, 1.54) is 32.1 Å². The Morgan fingerprint density at radius 3 is 2.53 bits per heavy atom. The van der Waals surface area contributed by atoms with E-state index in [4.69, 9.17) is 5.73 Å². The molecule has 36 heavy (non-hydrogen) atoms. The zero-order valence-electron chi connectivity index (χ0n) is 21.8. The van der Waals surface area contributed by atoms with Crippen molar-refractivity contribution >= 4 is 22.5 Å². The minimum atomic E-state index is -0.178. The first-order valence-corrected chi connectivity index (χ1v) is 13.9. The van der Waals surface area contributed by atoms with E-state index in [1.54, 1.807) is 0 Å². The van der Waals surface area contributed by atoms with Gasteiger partial charge in [0.1, 0.15) is 5.82 Å². The van der Waals surface area contributed by atoms with Gasteiger partial charge in [-0.25, -0.2) is 4.39 Å². The van der Waals surface area contributed by atoms with Crippen molar-refractivity contribution in [1.29, 1.82) is 0 Å². The molecule has 0 aliphatic heterocycles. The Morgan fingerprint density at radius 2 is 1.81 bits per heavy atom. The number of amides is 1. The molecule has 0 spiro atoms. The van der Waals surface area contributed by atoms with Crippen LogP contribution < -0.4 is 11.1 Å². The summed E-state index contributed by atoms with van der Waals surface area (Å²) in [6, 6.07) is 10.5. The normalized spacial score (nSPS) is 21.1. The van der Waals surface area contributed by atoms with Crippen molar-refractivity contribution in [2.45, 2.75) is 96.6 Å². The van der Waals surface area contributed by atoms with Crippen molar-refractivity contribution in [3.8, 4) is 11.1 Å². The van der Waals surface area contributed by atoms with Gasteiger partial charge in [-0.05, 0) is 80.5 Å². The van der Waals surface area contributed by atoms with Crippen LogP contribution in [0.3, 0.4) is 0 Å². The molecule has 0 atom stereocenters. The van der Waals surface area contributed by atoms with Crippen LogP contribution in [0, 0.1) is 18.7 Å². The summed E-state index contributed by atoms with van der Waals surface area (Å²) in [6.45, 7) is 4.76. The van der Waals surface area contributed by atoms with Crippen LogP contribution in [0.1, 0.15) is 88.2 Å². The Hall–Kier alpha value is -2.66. The Labute approximate surface area is 214 Å². The van der Waals surface area contributed by atoms with Gasteiger partial charge in [0.25, 0.3) is 0 Å². The lowest BCUT2D eigenvalue weighted by Gasteiger charge is -2.29. The molecule has 1 aromatic heterocycles. The van der Waals surface area contributed by atoms with Crippen molar-refractivity contribution in [1.82, 2.24) is 4.57 Å². The van der Waals surface area contributed by atoms with Crippen LogP contribution in [0.2, 0.25) is 0 Å². The summed E-state index contributed by atoms with van der Waals surface area (Å²) in [7, 11) is 0. The molecule has 2 aliphatic carbocycles. The maximum Gasteiger partial charge on any atom is 0.224 e. The predicted octanol–water partition coefficient (Wildman–Crippen LogP) is 7.67. The standard InChI is InChI=1S/C31H40FN3O/c1-3-28(36)34-26-17-20(2)29(22-13-15-23(33)16-14-22)31(32)30(26)25-19-35(18-21-9-5-4-6-10-21)27-12-8-7-11-24(25)27/h7-8,11-12,17,19,21-23H,3-6,9-10,13-16,18,33H2,1-2H3,(H,34,36). The molecule has 2 aromatic carbocycles. The maximum atomic E-state index is 16.7. The summed E-state index contributed by atoms with van der Waals surface area (Å²) in [5, 5.41) is 4.07. The van der Waals surface area contributed by atoms with Gasteiger partial charge in [-0.1, -0.05) is 44.4 Å². The van der Waals surface area contributed by atoms with Crippen LogP contribution in [0.4, 0.5) is 10.1 Å². The molecule has 0 bridgehead atoms. The lowest BCUT2D eigenvalue weighted by atomic mass is 9.79. The van der Waals surface area contributed by atoms with E-state index in [0.717, 1.165) is 59.8 Å². The first-order chi connectivity index (χ1) is 17.5. The van der Waals surface area contributed by atoms with Gasteiger partial charge in [0.2, 0.25) is 5.91 Å². The number of aromatic nitrogens is 1. The highest BCUT2D eigenvalue weighted by molar-refractivity contribution is 6.03. The maximum absolute atomic E-state index is 16.7. The Morgan fingerprint density at radius 1 is 1.08 bits per heavy atom. The number of para-hydroxylation sites is 1. The second kappa shape index (κ2) is 10.8. The first-order valence-electron chi connectivity index (χ1n) is 13.9. The molecule has 2 saturated carbocycles. The van der Waals surface area contributed by atoms with Gasteiger partial charge in [0.05, 0.1) is 5.69 Å². The zero-order valence-corrected chi connectivity index (χ0v) is 21.8. The molecule has 5 heteroatoms. The fourth-order valence-electron chi connectivity index (χ4n) is 6.55. The monoisotopic (exact) mass is 489 g/mol. The minimum absolute atomic E-state index is 0.0996. The zero-order chi connectivity index (χ0) is 25.2. The SMILES string of the molecule is CCC(=O)Nc1cc(C)c(C2CCC(N)CC2)c(F)c1-c1cn(CC2CCCCC2)c2ccccc12. The average molecular weight is 490 g/mol. The van der Waals surface area contributed by atoms with Crippen LogP contribution in [0.25, 0.3) is 22.0 Å². The number of nitrogens with zero attached hydrogens (tertiary/aromatic N) is 1. The number of carbonyl (C=O) groups is 1. The molecule has 5 rings (SSSR count). The Kier molecular flexibility index (Phi) is 7.47. The molecular weight excluding hydrogens is 449 g/mol. The number of halogens is 1. The average Bonchev–Trinajstić information content (AvgIpc) is 3.23. The summed E-state index contributed by atoms with van der Waals surface area (Å²) in [5.41, 5.74) is 11.0. The molecule has 1 heterocycles. The van der Waals surface area contributed by atoms with Crippen LogP contribution >= 0.6 is 0 Å². The number of hydrogen-bond donors (Lipinski definition) is 2. The third kappa shape index (κ3) is 4.95. The summed E-state index contributed by atoms with van der Waals surface area (Å²) < 4.78 is 19.0. The minimum Gasteiger partial charge on any atom is -0.347 e. The predicted molar refractivity (Wildman–Crippen MR) is 147 cm³/mol. The van der Waals surface area contributed by atoms with Crippen molar-refractivity contribution in [3.05, 3.63) is 53.5 Å². The number of benzene rings is 2. The number of nitrogens with two attached hydrogens (primary N) is 1. The van der Waals surface area contributed by atoms with Crippen molar-refractivity contribution in [2.24, 2.45) is 11.7 Å². The second-order valence-electron chi connectivity index (χ2n) is 11.1. The van der Waals surface area contributed by atoms with Gasteiger partial charge in [0, 0.05) is 47.2 Å². The summed E-state index contributed by atoms with van der Waals surface area (Å²) >= 11 is 0. The third-order valence-electron chi connectivity index (χ3n) is 8.52. The molecule has 1 amide bonds. The summed E-state index contributed by atoms with van der Waals surface area (Å²) in [6.07, 6.45) is 12.6. The van der Waals surface area contributed by atoms with E-state index in [9.17, 15) is 4.79 Å². The fourth-order valence-corrected chi connectivity index (χ4v) is 6.55. The van der Waals surface area contributed by atoms with E-state index in [1.807, 2.05) is 26.0 Å². The van der Waals surface area contributed by atoms with Gasteiger partial charge in [0.15, 0.2) is 0 Å². The number of hydrogen-bond acceptors (Lipinski definition) is 2.